The molecular weight excluding hydrogens is 504 g/mol. The molecule has 7 nitrogen and oxygen atoms in total. The van der Waals surface area contributed by atoms with Gasteiger partial charge < -0.3 is 19.7 Å². The maximum Gasteiger partial charge on any atom is 0.420 e. The molecule has 0 saturated heterocycles. The van der Waals surface area contributed by atoms with Crippen LogP contribution in [0.4, 0.5) is 33.7 Å². The lowest BCUT2D eigenvalue weighted by molar-refractivity contribution is -0.138. The number of nitrogens with one attached hydrogen (secondary N) is 1. The molecular formula is C27H28F4N4O3. The van der Waals surface area contributed by atoms with Gasteiger partial charge in [0.15, 0.2) is 0 Å². The number of carbonyl (C=O) groups is 1. The molecule has 4 rings (SSSR count). The van der Waals surface area contributed by atoms with E-state index in [4.69, 9.17) is 9.47 Å². The van der Waals surface area contributed by atoms with Gasteiger partial charge in [0.05, 0.1) is 24.6 Å². The molecule has 1 aliphatic heterocycles. The molecule has 2 heterocycles. The van der Waals surface area contributed by atoms with E-state index in [1.54, 1.807) is 24.3 Å². The maximum atomic E-state index is 13.5. The van der Waals surface area contributed by atoms with Gasteiger partial charge in [-0.3, -0.25) is 4.90 Å². The molecule has 11 heteroatoms. The molecule has 0 saturated carbocycles. The first-order chi connectivity index (χ1) is 18.0. The van der Waals surface area contributed by atoms with E-state index in [9.17, 15) is 22.4 Å². The van der Waals surface area contributed by atoms with Crippen LogP contribution in [0.2, 0.25) is 0 Å². The van der Waals surface area contributed by atoms with Crippen LogP contribution in [0.1, 0.15) is 29.2 Å². The summed E-state index contributed by atoms with van der Waals surface area (Å²) in [5.41, 5.74) is 0.997. The Hall–Kier alpha value is -3.86. The van der Waals surface area contributed by atoms with Crippen LogP contribution in [0.15, 0.2) is 54.7 Å². The highest BCUT2D eigenvalue weighted by Gasteiger charge is 2.37. The summed E-state index contributed by atoms with van der Waals surface area (Å²) in [5.74, 6) is -0.306. The molecule has 0 bridgehead atoms. The topological polar surface area (TPSA) is 66.9 Å². The van der Waals surface area contributed by atoms with Gasteiger partial charge in [0.2, 0.25) is 5.88 Å². The van der Waals surface area contributed by atoms with Gasteiger partial charge in [0, 0.05) is 31.3 Å². The second-order valence-corrected chi connectivity index (χ2v) is 9.15. The molecule has 1 aromatic heterocycles. The first-order valence-electron chi connectivity index (χ1n) is 11.9. The lowest BCUT2D eigenvalue weighted by atomic mass is 10.1. The van der Waals surface area contributed by atoms with Gasteiger partial charge in [-0.1, -0.05) is 12.1 Å². The number of rotatable bonds is 8. The summed E-state index contributed by atoms with van der Waals surface area (Å²) in [6.07, 6.45) is -2.54. The second kappa shape index (κ2) is 11.3. The predicted molar refractivity (Wildman–Crippen MR) is 135 cm³/mol. The number of hydrogen-bond donors (Lipinski definition) is 1. The highest BCUT2D eigenvalue weighted by molar-refractivity contribution is 6.03. The van der Waals surface area contributed by atoms with Crippen molar-refractivity contribution < 1.29 is 31.8 Å². The van der Waals surface area contributed by atoms with Crippen molar-refractivity contribution in [3.05, 3.63) is 77.2 Å². The monoisotopic (exact) mass is 532 g/mol. The van der Waals surface area contributed by atoms with Crippen LogP contribution >= 0.6 is 0 Å². The van der Waals surface area contributed by atoms with Crippen LogP contribution in [0.25, 0.3) is 0 Å². The largest absolute Gasteiger partial charge is 0.496 e. The molecule has 1 N–H and O–H groups in total. The van der Waals surface area contributed by atoms with Crippen molar-refractivity contribution in [1.82, 2.24) is 9.88 Å². The Balaban J connectivity index is 1.46. The van der Waals surface area contributed by atoms with E-state index in [2.05, 4.69) is 10.3 Å². The summed E-state index contributed by atoms with van der Waals surface area (Å²) in [7, 11) is 5.06. The Kier molecular flexibility index (Phi) is 8.05. The molecule has 2 aromatic carbocycles. The second-order valence-electron chi connectivity index (χ2n) is 9.15. The third kappa shape index (κ3) is 6.34. The van der Waals surface area contributed by atoms with Crippen LogP contribution in [-0.4, -0.2) is 50.2 Å². The van der Waals surface area contributed by atoms with E-state index in [0.717, 1.165) is 18.2 Å². The number of fused-ring (bicyclic) bond motifs is 1. The molecule has 0 spiro atoms. The number of ether oxygens (including phenoxy) is 2. The minimum Gasteiger partial charge on any atom is -0.496 e. The molecule has 0 aliphatic carbocycles. The standard InChI is InChI=1S/C27H28F4N4O3/c1-34(2)12-11-23(17-4-6-19(28)7-5-17)38-25-9-8-20(16-32-25)33-26(36)35-13-10-18-14-24(37-3)21(15-22(18)35)27(29,30)31/h4-9,14-16,23H,10-13H2,1-3H3,(H,33,36). The van der Waals surface area contributed by atoms with Crippen molar-refractivity contribution in [2.45, 2.75) is 25.1 Å². The van der Waals surface area contributed by atoms with Crippen LogP contribution in [-0.2, 0) is 12.6 Å². The fourth-order valence-corrected chi connectivity index (χ4v) is 4.22. The molecule has 0 fully saturated rings. The van der Waals surface area contributed by atoms with E-state index in [0.29, 0.717) is 30.0 Å². The van der Waals surface area contributed by atoms with Crippen molar-refractivity contribution in [2.24, 2.45) is 0 Å². The lowest BCUT2D eigenvalue weighted by Gasteiger charge is -2.22. The molecule has 1 unspecified atom stereocenters. The first kappa shape index (κ1) is 27.2. The maximum absolute atomic E-state index is 13.5. The van der Waals surface area contributed by atoms with Gasteiger partial charge in [-0.2, -0.15) is 13.2 Å². The van der Waals surface area contributed by atoms with Crippen LogP contribution in [0, 0.1) is 5.82 Å². The fraction of sp³-hybridized carbons (Fsp3) is 0.333. The zero-order valence-corrected chi connectivity index (χ0v) is 21.2. The van der Waals surface area contributed by atoms with Gasteiger partial charge in [0.1, 0.15) is 17.7 Å². The normalized spacial score (nSPS) is 13.8. The van der Waals surface area contributed by atoms with Gasteiger partial charge in [-0.25, -0.2) is 14.2 Å². The summed E-state index contributed by atoms with van der Waals surface area (Å²) in [6, 6.07) is 11.0. The highest BCUT2D eigenvalue weighted by atomic mass is 19.4. The van der Waals surface area contributed by atoms with Crippen molar-refractivity contribution in [2.75, 3.05) is 44.5 Å². The number of alkyl halides is 3. The smallest absolute Gasteiger partial charge is 0.420 e. The first-order valence-corrected chi connectivity index (χ1v) is 11.9. The summed E-state index contributed by atoms with van der Waals surface area (Å²) < 4.78 is 64.8. The Morgan fingerprint density at radius 2 is 1.89 bits per heavy atom. The summed E-state index contributed by atoms with van der Waals surface area (Å²) in [6.45, 7) is 0.959. The number of aromatic nitrogens is 1. The summed E-state index contributed by atoms with van der Waals surface area (Å²) >= 11 is 0. The molecule has 1 aliphatic rings. The molecule has 0 radical (unpaired) electrons. The van der Waals surface area contributed by atoms with Gasteiger partial charge >= 0.3 is 12.2 Å². The van der Waals surface area contributed by atoms with Crippen molar-refractivity contribution in [3.8, 4) is 11.6 Å². The highest BCUT2D eigenvalue weighted by Crippen LogP contribution is 2.42. The number of anilines is 2. The number of urea groups is 1. The van der Waals surface area contributed by atoms with Crippen molar-refractivity contribution >= 4 is 17.4 Å². The zero-order chi connectivity index (χ0) is 27.4. The third-order valence-electron chi connectivity index (χ3n) is 6.18. The van der Waals surface area contributed by atoms with E-state index in [1.807, 2.05) is 19.0 Å². The number of hydrogen-bond acceptors (Lipinski definition) is 5. The summed E-state index contributed by atoms with van der Waals surface area (Å²) in [4.78, 5) is 20.5. The van der Waals surface area contributed by atoms with E-state index in [1.165, 1.54) is 36.4 Å². The molecule has 1 atom stereocenters. The number of methoxy groups -OCH3 is 1. The molecule has 202 valence electrons. The molecule has 3 aromatic rings. The van der Waals surface area contributed by atoms with Crippen LogP contribution < -0.4 is 19.7 Å². The van der Waals surface area contributed by atoms with Crippen LogP contribution in [0.5, 0.6) is 11.6 Å². The zero-order valence-electron chi connectivity index (χ0n) is 21.2. The quantitative estimate of drug-likeness (QED) is 0.365. The lowest BCUT2D eigenvalue weighted by Crippen LogP contribution is -2.33. The van der Waals surface area contributed by atoms with Crippen LogP contribution in [0.3, 0.4) is 0 Å². The minimum atomic E-state index is -4.62. The number of halogens is 4. The van der Waals surface area contributed by atoms with E-state index < -0.39 is 17.8 Å². The minimum absolute atomic E-state index is 0.187. The number of amides is 2. The number of pyridine rings is 1. The average Bonchev–Trinajstić information content (AvgIpc) is 3.30. The SMILES string of the molecule is COc1cc2c(cc1C(F)(F)F)N(C(=O)Nc1ccc(OC(CCN(C)C)c3ccc(F)cc3)nc1)CC2. The molecule has 38 heavy (non-hydrogen) atoms. The van der Waals surface area contributed by atoms with E-state index >= 15 is 0 Å². The van der Waals surface area contributed by atoms with Gasteiger partial charge in [0.25, 0.3) is 0 Å². The Labute approximate surface area is 218 Å². The Bertz CT molecular complexity index is 1270. The number of benzene rings is 2. The Morgan fingerprint density at radius 3 is 2.50 bits per heavy atom. The summed E-state index contributed by atoms with van der Waals surface area (Å²) in [5, 5.41) is 2.68. The Morgan fingerprint density at radius 1 is 1.16 bits per heavy atom. The average molecular weight is 533 g/mol. The third-order valence-corrected chi connectivity index (χ3v) is 6.18. The number of nitrogens with zero attached hydrogens (tertiary/aromatic N) is 3. The fourth-order valence-electron chi connectivity index (χ4n) is 4.22. The number of carbonyl (C=O) groups excluding carboxylic acids is 1. The predicted octanol–water partition coefficient (Wildman–Crippen LogP) is 5.91. The van der Waals surface area contributed by atoms with Gasteiger partial charge in [-0.05, 0) is 62.0 Å². The molecule has 2 amide bonds. The van der Waals surface area contributed by atoms with Gasteiger partial charge in [-0.15, -0.1) is 0 Å². The van der Waals surface area contributed by atoms with E-state index in [-0.39, 0.29) is 29.9 Å². The van der Waals surface area contributed by atoms with Crippen molar-refractivity contribution in [1.29, 1.82) is 0 Å². The van der Waals surface area contributed by atoms with Crippen molar-refractivity contribution in [3.63, 3.8) is 0 Å².